The van der Waals surface area contributed by atoms with Crippen molar-refractivity contribution in [3.63, 3.8) is 0 Å². The topological polar surface area (TPSA) is 68.5 Å². The number of nitrogens with one attached hydrogen (secondary N) is 1. The fourth-order valence-electron chi connectivity index (χ4n) is 1.63. The number of esters is 1. The van der Waals surface area contributed by atoms with Gasteiger partial charge >= 0.3 is 5.97 Å². The average Bonchev–Trinajstić information content (AvgIpc) is 2.99. The molecule has 1 aromatic carbocycles. The van der Waals surface area contributed by atoms with E-state index in [-0.39, 0.29) is 11.9 Å². The molecule has 0 radical (unpaired) electrons. The third-order valence-electron chi connectivity index (χ3n) is 2.61. The number of rotatable bonds is 5. The van der Waals surface area contributed by atoms with Gasteiger partial charge in [-0.3, -0.25) is 4.79 Å². The first-order valence-electron chi connectivity index (χ1n) is 6.49. The van der Waals surface area contributed by atoms with Crippen molar-refractivity contribution in [2.45, 2.75) is 6.92 Å². The molecular formula is C16H15NO4. The first kappa shape index (κ1) is 14.6. The van der Waals surface area contributed by atoms with Crippen LogP contribution in [-0.4, -0.2) is 18.5 Å². The predicted octanol–water partition coefficient (Wildman–Crippen LogP) is 3.11. The van der Waals surface area contributed by atoms with Crippen LogP contribution in [0.4, 0.5) is 5.69 Å². The summed E-state index contributed by atoms with van der Waals surface area (Å²) >= 11 is 0. The SMILES string of the molecule is CCOC(=O)c1ccc(NC(=O)/C=C/c2ccco2)cc1. The van der Waals surface area contributed by atoms with E-state index in [0.717, 1.165) is 0 Å². The Morgan fingerprint density at radius 1 is 1.24 bits per heavy atom. The minimum atomic E-state index is -0.381. The number of furan rings is 1. The van der Waals surface area contributed by atoms with Crippen LogP contribution in [0.25, 0.3) is 6.08 Å². The molecular weight excluding hydrogens is 270 g/mol. The van der Waals surface area contributed by atoms with E-state index in [2.05, 4.69) is 5.32 Å². The monoisotopic (exact) mass is 285 g/mol. The molecule has 21 heavy (non-hydrogen) atoms. The number of hydrogen-bond donors (Lipinski definition) is 1. The Morgan fingerprint density at radius 3 is 2.62 bits per heavy atom. The summed E-state index contributed by atoms with van der Waals surface area (Å²) in [5, 5.41) is 2.68. The molecule has 5 heteroatoms. The quantitative estimate of drug-likeness (QED) is 0.677. The summed E-state index contributed by atoms with van der Waals surface area (Å²) in [7, 11) is 0. The normalized spacial score (nSPS) is 10.5. The van der Waals surface area contributed by atoms with Gasteiger partial charge in [-0.1, -0.05) is 0 Å². The lowest BCUT2D eigenvalue weighted by Crippen LogP contribution is -2.08. The highest BCUT2D eigenvalue weighted by Gasteiger charge is 2.06. The second kappa shape index (κ2) is 7.09. The molecule has 1 amide bonds. The highest BCUT2D eigenvalue weighted by Crippen LogP contribution is 2.11. The maximum absolute atomic E-state index is 11.7. The van der Waals surface area contributed by atoms with Gasteiger partial charge in [0, 0.05) is 11.8 Å². The van der Waals surface area contributed by atoms with E-state index < -0.39 is 0 Å². The van der Waals surface area contributed by atoms with E-state index in [1.54, 1.807) is 49.4 Å². The summed E-state index contributed by atoms with van der Waals surface area (Å²) in [5.74, 6) is -0.0637. The van der Waals surface area contributed by atoms with Gasteiger partial charge in [0.1, 0.15) is 5.76 Å². The van der Waals surface area contributed by atoms with Crippen LogP contribution in [0, 0.1) is 0 Å². The van der Waals surface area contributed by atoms with E-state index >= 15 is 0 Å². The van der Waals surface area contributed by atoms with Gasteiger partial charge in [0.05, 0.1) is 18.4 Å². The van der Waals surface area contributed by atoms with Gasteiger partial charge in [-0.15, -0.1) is 0 Å². The van der Waals surface area contributed by atoms with Crippen LogP contribution in [0.2, 0.25) is 0 Å². The largest absolute Gasteiger partial charge is 0.465 e. The van der Waals surface area contributed by atoms with Gasteiger partial charge in [-0.25, -0.2) is 4.79 Å². The van der Waals surface area contributed by atoms with Crippen LogP contribution in [0.15, 0.2) is 53.2 Å². The van der Waals surface area contributed by atoms with Gasteiger partial charge in [0.25, 0.3) is 0 Å². The molecule has 0 unspecified atom stereocenters. The summed E-state index contributed by atoms with van der Waals surface area (Å²) < 4.78 is 9.96. The molecule has 1 N–H and O–H groups in total. The number of benzene rings is 1. The molecule has 0 aliphatic carbocycles. The Balaban J connectivity index is 1.94. The minimum Gasteiger partial charge on any atom is -0.465 e. The zero-order chi connectivity index (χ0) is 15.1. The van der Waals surface area contributed by atoms with Gasteiger partial charge in [-0.2, -0.15) is 0 Å². The van der Waals surface area contributed by atoms with Crippen molar-refractivity contribution in [1.29, 1.82) is 0 Å². The Labute approximate surface area is 122 Å². The van der Waals surface area contributed by atoms with Crippen molar-refractivity contribution < 1.29 is 18.7 Å². The highest BCUT2D eigenvalue weighted by atomic mass is 16.5. The molecule has 0 aliphatic rings. The van der Waals surface area contributed by atoms with Gasteiger partial charge in [-0.05, 0) is 49.4 Å². The van der Waals surface area contributed by atoms with Gasteiger partial charge < -0.3 is 14.5 Å². The van der Waals surface area contributed by atoms with Crippen LogP contribution in [-0.2, 0) is 9.53 Å². The zero-order valence-corrected chi connectivity index (χ0v) is 11.5. The molecule has 0 spiro atoms. The molecule has 0 saturated heterocycles. The number of carbonyl (C=O) groups is 2. The fourth-order valence-corrected chi connectivity index (χ4v) is 1.63. The van der Waals surface area contributed by atoms with Crippen molar-refractivity contribution >= 4 is 23.6 Å². The zero-order valence-electron chi connectivity index (χ0n) is 11.5. The summed E-state index contributed by atoms with van der Waals surface area (Å²) in [6, 6.07) is 9.98. The molecule has 1 heterocycles. The lowest BCUT2D eigenvalue weighted by atomic mass is 10.2. The first-order valence-corrected chi connectivity index (χ1v) is 6.49. The second-order valence-corrected chi connectivity index (χ2v) is 4.14. The molecule has 0 fully saturated rings. The van der Waals surface area contributed by atoms with Gasteiger partial charge in [0.2, 0.25) is 5.91 Å². The molecule has 5 nitrogen and oxygen atoms in total. The molecule has 0 bridgehead atoms. The van der Waals surface area contributed by atoms with Crippen LogP contribution >= 0.6 is 0 Å². The molecule has 0 saturated carbocycles. The second-order valence-electron chi connectivity index (χ2n) is 4.14. The number of ether oxygens (including phenoxy) is 1. The summed E-state index contributed by atoms with van der Waals surface area (Å²) in [6.45, 7) is 2.08. The van der Waals surface area contributed by atoms with Crippen LogP contribution in [0.3, 0.4) is 0 Å². The molecule has 2 aromatic rings. The Bertz CT molecular complexity index is 627. The number of hydrogen-bond acceptors (Lipinski definition) is 4. The third kappa shape index (κ3) is 4.35. The van der Waals surface area contributed by atoms with Crippen LogP contribution in [0.5, 0.6) is 0 Å². The smallest absolute Gasteiger partial charge is 0.338 e. The van der Waals surface area contributed by atoms with Crippen molar-refractivity contribution in [2.24, 2.45) is 0 Å². The summed E-state index contributed by atoms with van der Waals surface area (Å²) in [4.78, 5) is 23.2. The van der Waals surface area contributed by atoms with Crippen molar-refractivity contribution in [3.8, 4) is 0 Å². The third-order valence-corrected chi connectivity index (χ3v) is 2.61. The van der Waals surface area contributed by atoms with Crippen LogP contribution in [0.1, 0.15) is 23.0 Å². The Hall–Kier alpha value is -2.82. The molecule has 108 valence electrons. The van der Waals surface area contributed by atoms with E-state index in [4.69, 9.17) is 9.15 Å². The predicted molar refractivity (Wildman–Crippen MR) is 78.8 cm³/mol. The van der Waals surface area contributed by atoms with E-state index in [9.17, 15) is 9.59 Å². The van der Waals surface area contributed by atoms with Crippen molar-refractivity contribution in [1.82, 2.24) is 0 Å². The Morgan fingerprint density at radius 2 is 2.00 bits per heavy atom. The van der Waals surface area contributed by atoms with E-state index in [1.165, 1.54) is 12.3 Å². The lowest BCUT2D eigenvalue weighted by Gasteiger charge is -2.04. The van der Waals surface area contributed by atoms with Crippen molar-refractivity contribution in [3.05, 3.63) is 60.1 Å². The van der Waals surface area contributed by atoms with Crippen LogP contribution < -0.4 is 5.32 Å². The van der Waals surface area contributed by atoms with Crippen molar-refractivity contribution in [2.75, 3.05) is 11.9 Å². The highest BCUT2D eigenvalue weighted by molar-refractivity contribution is 6.02. The number of amides is 1. The summed E-state index contributed by atoms with van der Waals surface area (Å²) in [5.41, 5.74) is 1.04. The fraction of sp³-hybridized carbons (Fsp3) is 0.125. The van der Waals surface area contributed by atoms with E-state index in [1.807, 2.05) is 0 Å². The molecule has 0 aliphatic heterocycles. The molecule has 0 atom stereocenters. The summed E-state index contributed by atoms with van der Waals surface area (Å²) in [6.07, 6.45) is 4.48. The minimum absolute atomic E-state index is 0.282. The van der Waals surface area contributed by atoms with E-state index in [0.29, 0.717) is 23.6 Å². The lowest BCUT2D eigenvalue weighted by molar-refractivity contribution is -0.111. The molecule has 2 rings (SSSR count). The Kier molecular flexibility index (Phi) is 4.93. The molecule has 1 aromatic heterocycles. The average molecular weight is 285 g/mol. The maximum atomic E-state index is 11.7. The van der Waals surface area contributed by atoms with Gasteiger partial charge in [0.15, 0.2) is 0 Å². The number of anilines is 1. The standard InChI is InChI=1S/C16H15NO4/c1-2-20-16(19)12-5-7-13(8-6-12)17-15(18)10-9-14-4-3-11-21-14/h3-11H,2H2,1H3,(H,17,18)/b10-9+. The maximum Gasteiger partial charge on any atom is 0.338 e. The number of carbonyl (C=O) groups excluding carboxylic acids is 2. The first-order chi connectivity index (χ1) is 10.2.